The monoisotopic (exact) mass is 608 g/mol. The number of hydrogen-bond donors (Lipinski definition) is 1. The SMILES string of the molecule is COc1ccc(C(OC[C@@H]2CC[C@H](n3cnc4c(=O)[nH]c(/N=C/N(C)C)nc43)O2)(c2ccccc2)c2ccc(OC)cc2)cc1. The minimum absolute atomic E-state index is 0.201. The van der Waals surface area contributed by atoms with Gasteiger partial charge in [0, 0.05) is 14.1 Å². The first-order valence-electron chi connectivity index (χ1n) is 14.7. The van der Waals surface area contributed by atoms with E-state index in [-0.39, 0.29) is 29.4 Å². The normalized spacial score (nSPS) is 16.8. The van der Waals surface area contributed by atoms with E-state index in [1.165, 1.54) is 0 Å². The second-order valence-electron chi connectivity index (χ2n) is 11.0. The number of imidazole rings is 1. The Kier molecular flexibility index (Phi) is 8.63. The van der Waals surface area contributed by atoms with Crippen LogP contribution >= 0.6 is 0 Å². The number of hydrogen-bond acceptors (Lipinski definition) is 8. The van der Waals surface area contributed by atoms with Crippen LogP contribution in [-0.4, -0.2) is 71.8 Å². The zero-order valence-electron chi connectivity index (χ0n) is 25.7. The number of nitrogens with one attached hydrogen (secondary N) is 1. The molecule has 2 atom stereocenters. The molecular weight excluding hydrogens is 572 g/mol. The van der Waals surface area contributed by atoms with Crippen LogP contribution < -0.4 is 15.0 Å². The van der Waals surface area contributed by atoms with Crippen LogP contribution in [0.2, 0.25) is 0 Å². The molecule has 0 unspecified atom stereocenters. The molecule has 3 aromatic carbocycles. The molecule has 1 fully saturated rings. The van der Waals surface area contributed by atoms with Crippen LogP contribution in [0.4, 0.5) is 5.95 Å². The van der Waals surface area contributed by atoms with Gasteiger partial charge in [-0.05, 0) is 53.8 Å². The summed E-state index contributed by atoms with van der Waals surface area (Å²) < 4.78 is 26.3. The fraction of sp³-hybridized carbons (Fsp3) is 0.294. The van der Waals surface area contributed by atoms with Crippen LogP contribution in [0.5, 0.6) is 11.5 Å². The van der Waals surface area contributed by atoms with Crippen molar-refractivity contribution in [3.63, 3.8) is 0 Å². The number of rotatable bonds is 11. The van der Waals surface area contributed by atoms with E-state index in [1.54, 1.807) is 36.4 Å². The van der Waals surface area contributed by atoms with Crippen molar-refractivity contribution in [2.24, 2.45) is 4.99 Å². The van der Waals surface area contributed by atoms with Gasteiger partial charge in [-0.25, -0.2) is 9.98 Å². The molecule has 6 rings (SSSR count). The van der Waals surface area contributed by atoms with Gasteiger partial charge in [-0.1, -0.05) is 54.6 Å². The Morgan fingerprint density at radius 3 is 2.18 bits per heavy atom. The fourth-order valence-corrected chi connectivity index (χ4v) is 5.66. The molecule has 45 heavy (non-hydrogen) atoms. The Hall–Kier alpha value is -5.00. The average molecular weight is 609 g/mol. The first-order valence-corrected chi connectivity index (χ1v) is 14.7. The van der Waals surface area contributed by atoms with Crippen molar-refractivity contribution in [1.82, 2.24) is 24.4 Å². The first-order chi connectivity index (χ1) is 21.9. The molecule has 11 nitrogen and oxygen atoms in total. The van der Waals surface area contributed by atoms with E-state index in [9.17, 15) is 4.79 Å². The summed E-state index contributed by atoms with van der Waals surface area (Å²) >= 11 is 0. The summed E-state index contributed by atoms with van der Waals surface area (Å²) in [5.74, 6) is 1.72. The van der Waals surface area contributed by atoms with Crippen molar-refractivity contribution >= 4 is 23.5 Å². The molecule has 0 spiro atoms. The van der Waals surface area contributed by atoms with Gasteiger partial charge in [0.2, 0.25) is 5.95 Å². The van der Waals surface area contributed by atoms with Gasteiger partial charge in [0.1, 0.15) is 23.3 Å². The molecular formula is C34H36N6O5. The van der Waals surface area contributed by atoms with Crippen molar-refractivity contribution in [1.29, 1.82) is 0 Å². The molecule has 0 bridgehead atoms. The second-order valence-corrected chi connectivity index (χ2v) is 11.0. The largest absolute Gasteiger partial charge is 0.497 e. The van der Waals surface area contributed by atoms with Gasteiger partial charge in [0.15, 0.2) is 11.2 Å². The molecule has 0 saturated carbocycles. The maximum absolute atomic E-state index is 12.7. The molecule has 1 saturated heterocycles. The van der Waals surface area contributed by atoms with E-state index in [4.69, 9.17) is 18.9 Å². The molecule has 0 radical (unpaired) electrons. The Morgan fingerprint density at radius 1 is 0.956 bits per heavy atom. The number of aromatic amines is 1. The van der Waals surface area contributed by atoms with Crippen LogP contribution in [0.3, 0.4) is 0 Å². The van der Waals surface area contributed by atoms with Crippen LogP contribution in [0.15, 0.2) is 95.0 Å². The number of nitrogens with zero attached hydrogens (tertiary/aromatic N) is 5. The predicted octanol–water partition coefficient (Wildman–Crippen LogP) is 5.04. The summed E-state index contributed by atoms with van der Waals surface area (Å²) in [6, 6.07) is 26.1. The van der Waals surface area contributed by atoms with Crippen LogP contribution in [0, 0.1) is 0 Å². The Labute approximate surface area is 261 Å². The number of methoxy groups -OCH3 is 2. The van der Waals surface area contributed by atoms with Crippen LogP contribution in [0.25, 0.3) is 11.2 Å². The zero-order valence-corrected chi connectivity index (χ0v) is 25.7. The number of aromatic nitrogens is 4. The lowest BCUT2D eigenvalue weighted by atomic mass is 9.80. The molecule has 3 heterocycles. The van der Waals surface area contributed by atoms with Crippen molar-refractivity contribution in [2.75, 3.05) is 34.9 Å². The molecule has 1 N–H and O–H groups in total. The third-order valence-corrected chi connectivity index (χ3v) is 7.89. The highest BCUT2D eigenvalue weighted by Gasteiger charge is 2.40. The van der Waals surface area contributed by atoms with E-state index < -0.39 is 5.60 Å². The summed E-state index contributed by atoms with van der Waals surface area (Å²) in [5.41, 5.74) is 2.24. The summed E-state index contributed by atoms with van der Waals surface area (Å²) in [6.45, 7) is 0.308. The molecule has 0 amide bonds. The summed E-state index contributed by atoms with van der Waals surface area (Å²) in [5, 5.41) is 0. The Morgan fingerprint density at radius 2 is 1.58 bits per heavy atom. The molecule has 1 aliphatic heterocycles. The minimum atomic E-state index is -0.947. The van der Waals surface area contributed by atoms with Gasteiger partial charge < -0.3 is 23.8 Å². The topological polar surface area (TPSA) is 116 Å². The third kappa shape index (κ3) is 6.04. The van der Waals surface area contributed by atoms with Gasteiger partial charge in [-0.2, -0.15) is 4.98 Å². The van der Waals surface area contributed by atoms with Crippen molar-refractivity contribution in [3.05, 3.63) is 112 Å². The summed E-state index contributed by atoms with van der Waals surface area (Å²) in [4.78, 5) is 30.3. The number of H-pyrrole nitrogens is 1. The lowest BCUT2D eigenvalue weighted by Crippen LogP contribution is -2.35. The maximum Gasteiger partial charge on any atom is 0.280 e. The van der Waals surface area contributed by atoms with Gasteiger partial charge in [0.25, 0.3) is 5.56 Å². The molecule has 232 valence electrons. The summed E-state index contributed by atoms with van der Waals surface area (Å²) in [6.07, 6.45) is 4.04. The van der Waals surface area contributed by atoms with Gasteiger partial charge in [-0.3, -0.25) is 14.3 Å². The molecule has 2 aromatic heterocycles. The molecule has 1 aliphatic rings. The minimum Gasteiger partial charge on any atom is -0.497 e. The highest BCUT2D eigenvalue weighted by molar-refractivity contribution is 5.71. The van der Waals surface area contributed by atoms with Crippen LogP contribution in [0.1, 0.15) is 35.8 Å². The third-order valence-electron chi connectivity index (χ3n) is 7.89. The van der Waals surface area contributed by atoms with E-state index in [0.717, 1.165) is 34.6 Å². The highest BCUT2D eigenvalue weighted by atomic mass is 16.6. The van der Waals surface area contributed by atoms with Crippen LogP contribution in [-0.2, 0) is 15.1 Å². The molecule has 0 aliphatic carbocycles. The van der Waals surface area contributed by atoms with E-state index in [1.807, 2.05) is 80.8 Å². The Balaban J connectivity index is 1.32. The first kappa shape index (κ1) is 30.0. The Bertz CT molecular complexity index is 1770. The van der Waals surface area contributed by atoms with E-state index in [2.05, 4.69) is 32.1 Å². The predicted molar refractivity (Wildman–Crippen MR) is 171 cm³/mol. The number of fused-ring (bicyclic) bond motifs is 1. The number of ether oxygens (including phenoxy) is 4. The van der Waals surface area contributed by atoms with E-state index in [0.29, 0.717) is 18.7 Å². The standard InChI is InChI=1S/C34H36N6O5/c1-39(2)21-36-33-37-31-30(32(41)38-33)35-22-40(31)29-19-18-28(45-29)20-44-34(23-8-6-5-7-9-23,24-10-14-26(42-3)15-11-24)25-12-16-27(43-4)17-13-25/h5-17,21-22,28-29H,18-20H2,1-4H3,(H,37,38,41)/b36-21+/t28-,29+/m0/s1. The molecule has 11 heteroatoms. The fourth-order valence-electron chi connectivity index (χ4n) is 5.66. The smallest absolute Gasteiger partial charge is 0.280 e. The number of benzene rings is 3. The second kappa shape index (κ2) is 12.9. The summed E-state index contributed by atoms with van der Waals surface area (Å²) in [7, 11) is 6.99. The number of aliphatic imine (C=N–C) groups is 1. The van der Waals surface area contributed by atoms with E-state index >= 15 is 0 Å². The van der Waals surface area contributed by atoms with Gasteiger partial charge in [0.05, 0.1) is 39.6 Å². The van der Waals surface area contributed by atoms with Crippen molar-refractivity contribution in [2.45, 2.75) is 30.8 Å². The van der Waals surface area contributed by atoms with Gasteiger partial charge in [-0.15, -0.1) is 0 Å². The maximum atomic E-state index is 12.7. The quantitative estimate of drug-likeness (QED) is 0.126. The zero-order chi connectivity index (χ0) is 31.4. The van der Waals surface area contributed by atoms with Gasteiger partial charge >= 0.3 is 0 Å². The lowest BCUT2D eigenvalue weighted by Gasteiger charge is -2.37. The molecule has 5 aromatic rings. The van der Waals surface area contributed by atoms with Crippen molar-refractivity contribution in [3.8, 4) is 11.5 Å². The van der Waals surface area contributed by atoms with Crippen molar-refractivity contribution < 1.29 is 18.9 Å². The average Bonchev–Trinajstić information content (AvgIpc) is 3.73. The highest BCUT2D eigenvalue weighted by Crippen LogP contribution is 2.42. The lowest BCUT2D eigenvalue weighted by molar-refractivity contribution is -0.0756.